The Morgan fingerprint density at radius 2 is 1.91 bits per heavy atom. The van der Waals surface area contributed by atoms with Crippen molar-refractivity contribution in [3.8, 4) is 12.1 Å². The predicted molar refractivity (Wildman–Crippen MR) is 124 cm³/mol. The van der Waals surface area contributed by atoms with Crippen LogP contribution in [0.3, 0.4) is 0 Å². The maximum atomic E-state index is 11.7. The van der Waals surface area contributed by atoms with Gasteiger partial charge in [0.1, 0.15) is 23.6 Å². The number of carboxylic acid groups (broad SMARTS) is 1. The Kier molecular flexibility index (Phi) is 8.30. The number of halogens is 1. The topological polar surface area (TPSA) is 139 Å². The number of ether oxygens (including phenoxy) is 1. The molecule has 0 aliphatic carbocycles. The van der Waals surface area contributed by atoms with Gasteiger partial charge in [-0.05, 0) is 50.6 Å². The first-order valence-corrected chi connectivity index (χ1v) is 10.7. The number of anilines is 1. The molecule has 0 bridgehead atoms. The lowest BCUT2D eigenvalue weighted by Crippen LogP contribution is -2.49. The van der Waals surface area contributed by atoms with Crippen LogP contribution >= 0.6 is 22.9 Å². The molecule has 1 aromatic heterocycles. The summed E-state index contributed by atoms with van der Waals surface area (Å²) in [6.07, 6.45) is 0. The molecule has 1 atom stereocenters. The van der Waals surface area contributed by atoms with Gasteiger partial charge < -0.3 is 14.7 Å². The summed E-state index contributed by atoms with van der Waals surface area (Å²) in [6, 6.07) is 10.4. The van der Waals surface area contributed by atoms with Gasteiger partial charge in [-0.25, -0.2) is 9.59 Å². The van der Waals surface area contributed by atoms with E-state index in [0.717, 1.165) is 11.3 Å². The number of hydrogen-bond acceptors (Lipinski definition) is 9. The van der Waals surface area contributed by atoms with Crippen LogP contribution in [-0.2, 0) is 14.3 Å². The van der Waals surface area contributed by atoms with E-state index in [1.807, 2.05) is 12.1 Å². The lowest BCUT2D eigenvalue weighted by molar-refractivity contribution is -0.139. The molecule has 170 valence electrons. The molecule has 1 N–H and O–H groups in total. The van der Waals surface area contributed by atoms with Crippen molar-refractivity contribution in [2.45, 2.75) is 25.8 Å². The smallest absolute Gasteiger partial charge is 0.345 e. The van der Waals surface area contributed by atoms with Crippen LogP contribution in [0, 0.1) is 29.6 Å². The van der Waals surface area contributed by atoms with Crippen molar-refractivity contribution in [2.24, 2.45) is 10.2 Å². The van der Waals surface area contributed by atoms with E-state index in [1.54, 1.807) is 31.2 Å². The number of alkyl halides is 1. The molecule has 0 fully saturated rings. The Bertz CT molecular complexity index is 1190. The van der Waals surface area contributed by atoms with E-state index >= 15 is 0 Å². The molecule has 1 unspecified atom stereocenters. The SMILES string of the molecule is C=C(C)C(=O)OCCN(c1ccc(N=Nc2sc(C#N)c(C)c2C#N)cc1)C(C)(Cl)C(=O)O. The number of nitriles is 2. The van der Waals surface area contributed by atoms with Crippen LogP contribution in [0.25, 0.3) is 0 Å². The summed E-state index contributed by atoms with van der Waals surface area (Å²) in [6.45, 7) is 7.92. The number of aliphatic carboxylic acids is 1. The van der Waals surface area contributed by atoms with E-state index in [9.17, 15) is 20.0 Å². The molecular formula is C22H20ClN5O4S. The second-order valence-corrected chi connectivity index (χ2v) is 8.74. The highest BCUT2D eigenvalue weighted by Crippen LogP contribution is 2.36. The van der Waals surface area contributed by atoms with Gasteiger partial charge in [-0.15, -0.1) is 21.6 Å². The number of benzene rings is 1. The average molecular weight is 486 g/mol. The fourth-order valence-electron chi connectivity index (χ4n) is 2.66. The molecule has 0 radical (unpaired) electrons. The monoisotopic (exact) mass is 485 g/mol. The molecule has 1 aromatic carbocycles. The third kappa shape index (κ3) is 5.95. The molecule has 0 saturated carbocycles. The predicted octanol–water partition coefficient (Wildman–Crippen LogP) is 5.18. The Balaban J connectivity index is 2.26. The standard InChI is InChI=1S/C22H20ClN5O4S/c1-13(2)20(29)32-10-9-28(22(4,23)21(30)31)16-7-5-15(6-8-16)26-27-19-17(11-24)14(3)18(12-25)33-19/h5-8H,1,9-10H2,2-4H3,(H,30,31). The molecule has 0 spiro atoms. The number of esters is 1. The van der Waals surface area contributed by atoms with Crippen molar-refractivity contribution >= 4 is 51.3 Å². The van der Waals surface area contributed by atoms with Crippen LogP contribution in [0.1, 0.15) is 29.9 Å². The minimum absolute atomic E-state index is 0.0170. The summed E-state index contributed by atoms with van der Waals surface area (Å²) in [5.41, 5.74) is 1.98. The van der Waals surface area contributed by atoms with E-state index in [2.05, 4.69) is 16.8 Å². The van der Waals surface area contributed by atoms with Crippen LogP contribution in [0.15, 0.2) is 46.6 Å². The van der Waals surface area contributed by atoms with Crippen molar-refractivity contribution in [2.75, 3.05) is 18.1 Å². The molecule has 2 aromatic rings. The van der Waals surface area contributed by atoms with Crippen LogP contribution in [0.4, 0.5) is 16.4 Å². The molecule has 0 amide bonds. The van der Waals surface area contributed by atoms with Crippen molar-refractivity contribution < 1.29 is 19.4 Å². The van der Waals surface area contributed by atoms with Gasteiger partial charge in [0.15, 0.2) is 5.00 Å². The van der Waals surface area contributed by atoms with Crippen LogP contribution in [0.2, 0.25) is 0 Å². The molecule has 0 aliphatic heterocycles. The second kappa shape index (κ2) is 10.7. The summed E-state index contributed by atoms with van der Waals surface area (Å²) in [7, 11) is 0. The number of nitrogens with zero attached hydrogens (tertiary/aromatic N) is 5. The van der Waals surface area contributed by atoms with Crippen molar-refractivity contribution in [3.63, 3.8) is 0 Å². The lowest BCUT2D eigenvalue weighted by Gasteiger charge is -2.34. The first-order chi connectivity index (χ1) is 15.5. The minimum atomic E-state index is -1.80. The molecule has 11 heteroatoms. The first kappa shape index (κ1) is 25.5. The molecule has 33 heavy (non-hydrogen) atoms. The molecule has 0 aliphatic rings. The molecule has 1 heterocycles. The van der Waals surface area contributed by atoms with Gasteiger partial charge in [0, 0.05) is 11.3 Å². The Hall–Kier alpha value is -3.73. The number of carbonyl (C=O) groups excluding carboxylic acids is 1. The van der Waals surface area contributed by atoms with Crippen molar-refractivity contribution in [1.29, 1.82) is 10.5 Å². The lowest BCUT2D eigenvalue weighted by atomic mass is 10.2. The fourth-order valence-corrected chi connectivity index (χ4v) is 3.72. The number of carboxylic acids is 1. The molecule has 9 nitrogen and oxygen atoms in total. The molecule has 0 saturated heterocycles. The van der Waals surface area contributed by atoms with Crippen LogP contribution in [0.5, 0.6) is 0 Å². The van der Waals surface area contributed by atoms with E-state index < -0.39 is 16.9 Å². The fraction of sp³-hybridized carbons (Fsp3) is 0.273. The normalized spacial score (nSPS) is 12.4. The second-order valence-electron chi connectivity index (χ2n) is 7.00. The van der Waals surface area contributed by atoms with E-state index in [4.69, 9.17) is 21.6 Å². The highest BCUT2D eigenvalue weighted by molar-refractivity contribution is 7.16. The number of rotatable bonds is 9. The summed E-state index contributed by atoms with van der Waals surface area (Å²) in [5, 5.41) is 36.5. The van der Waals surface area contributed by atoms with Gasteiger partial charge in [0.2, 0.25) is 5.00 Å². The largest absolute Gasteiger partial charge is 0.479 e. The quantitative estimate of drug-likeness (QED) is 0.169. The Labute approximate surface area is 199 Å². The minimum Gasteiger partial charge on any atom is -0.479 e. The average Bonchev–Trinajstić information content (AvgIpc) is 3.09. The van der Waals surface area contributed by atoms with Gasteiger partial charge >= 0.3 is 11.9 Å². The zero-order valence-corrected chi connectivity index (χ0v) is 19.7. The zero-order chi connectivity index (χ0) is 24.8. The van der Waals surface area contributed by atoms with E-state index in [0.29, 0.717) is 32.4 Å². The number of carbonyl (C=O) groups is 2. The third-order valence-corrected chi connectivity index (χ3v) is 6.00. The van der Waals surface area contributed by atoms with E-state index in [1.165, 1.54) is 18.7 Å². The van der Waals surface area contributed by atoms with Gasteiger partial charge in [0.05, 0.1) is 17.8 Å². The van der Waals surface area contributed by atoms with Crippen molar-refractivity contribution in [3.05, 3.63) is 52.4 Å². The Morgan fingerprint density at radius 3 is 2.42 bits per heavy atom. The van der Waals surface area contributed by atoms with E-state index in [-0.39, 0.29) is 18.7 Å². The maximum Gasteiger partial charge on any atom is 0.345 e. The number of thiophene rings is 1. The third-order valence-electron chi connectivity index (χ3n) is 4.55. The van der Waals surface area contributed by atoms with Gasteiger partial charge in [-0.1, -0.05) is 18.2 Å². The summed E-state index contributed by atoms with van der Waals surface area (Å²) in [5.74, 6) is -1.86. The first-order valence-electron chi connectivity index (χ1n) is 9.50. The summed E-state index contributed by atoms with van der Waals surface area (Å²) < 4.78 is 5.07. The summed E-state index contributed by atoms with van der Waals surface area (Å²) >= 11 is 7.34. The Morgan fingerprint density at radius 1 is 1.27 bits per heavy atom. The van der Waals surface area contributed by atoms with Crippen molar-refractivity contribution in [1.82, 2.24) is 0 Å². The van der Waals surface area contributed by atoms with Crippen LogP contribution in [-0.4, -0.2) is 35.2 Å². The van der Waals surface area contributed by atoms with Crippen LogP contribution < -0.4 is 4.90 Å². The summed E-state index contributed by atoms with van der Waals surface area (Å²) in [4.78, 5) is 23.3. The number of hydrogen-bond donors (Lipinski definition) is 1. The zero-order valence-electron chi connectivity index (χ0n) is 18.1. The highest BCUT2D eigenvalue weighted by atomic mass is 35.5. The molecular weight excluding hydrogens is 466 g/mol. The number of azo groups is 1. The van der Waals surface area contributed by atoms with Gasteiger partial charge in [-0.3, -0.25) is 0 Å². The maximum absolute atomic E-state index is 11.7. The van der Waals surface area contributed by atoms with Gasteiger partial charge in [0.25, 0.3) is 0 Å². The van der Waals surface area contributed by atoms with Gasteiger partial charge in [-0.2, -0.15) is 10.5 Å². The highest BCUT2D eigenvalue weighted by Gasteiger charge is 2.37. The molecule has 2 rings (SSSR count).